The zero-order valence-electron chi connectivity index (χ0n) is 14.1. The van der Waals surface area contributed by atoms with Crippen LogP contribution in [-0.2, 0) is 22.7 Å². The minimum Gasteiger partial charge on any atom is -0.373 e. The van der Waals surface area contributed by atoms with Crippen LogP contribution in [0.15, 0.2) is 60.7 Å². The van der Waals surface area contributed by atoms with Crippen LogP contribution in [0.2, 0.25) is 0 Å². The van der Waals surface area contributed by atoms with Gasteiger partial charge in [-0.2, -0.15) is 0 Å². The molecule has 0 saturated carbocycles. The van der Waals surface area contributed by atoms with Crippen LogP contribution < -0.4 is 0 Å². The molecule has 0 spiro atoms. The maximum absolute atomic E-state index is 12.8. The van der Waals surface area contributed by atoms with Crippen molar-refractivity contribution in [1.29, 1.82) is 0 Å². The van der Waals surface area contributed by atoms with E-state index in [9.17, 15) is 9.90 Å². The van der Waals surface area contributed by atoms with Gasteiger partial charge in [-0.25, -0.2) is 0 Å². The van der Waals surface area contributed by atoms with Crippen molar-refractivity contribution in [3.05, 3.63) is 71.8 Å². The molecule has 1 N–H and O–H groups in total. The molecule has 0 aromatic heterocycles. The third kappa shape index (κ3) is 3.21. The Morgan fingerprint density at radius 2 is 1.54 bits per heavy atom. The van der Waals surface area contributed by atoms with Crippen LogP contribution in [0.1, 0.15) is 25.0 Å². The second-order valence-corrected chi connectivity index (χ2v) is 6.82. The van der Waals surface area contributed by atoms with Crippen molar-refractivity contribution in [2.75, 3.05) is 0 Å². The molecule has 0 bridgehead atoms. The minimum atomic E-state index is -0.869. The van der Waals surface area contributed by atoms with E-state index in [-0.39, 0.29) is 5.91 Å². The van der Waals surface area contributed by atoms with Crippen LogP contribution in [-0.4, -0.2) is 28.2 Å². The molecule has 24 heavy (non-hydrogen) atoms. The van der Waals surface area contributed by atoms with Gasteiger partial charge in [0.15, 0.2) is 0 Å². The van der Waals surface area contributed by atoms with Crippen LogP contribution in [0, 0.1) is 5.41 Å². The number of carbonyl (C=O) groups excluding carboxylic acids is 1. The van der Waals surface area contributed by atoms with E-state index in [1.807, 2.05) is 74.5 Å². The molecule has 4 heteroatoms. The quantitative estimate of drug-likeness (QED) is 0.919. The van der Waals surface area contributed by atoms with Crippen molar-refractivity contribution in [3.8, 4) is 0 Å². The number of rotatable bonds is 5. The highest BCUT2D eigenvalue weighted by Crippen LogP contribution is 2.39. The van der Waals surface area contributed by atoms with Gasteiger partial charge in [-0.1, -0.05) is 74.5 Å². The number of carbonyl (C=O) groups is 1. The zero-order valence-corrected chi connectivity index (χ0v) is 14.1. The zero-order chi connectivity index (χ0) is 17.2. The summed E-state index contributed by atoms with van der Waals surface area (Å²) in [7, 11) is 0. The Bertz CT molecular complexity index is 685. The molecule has 126 valence electrons. The maximum atomic E-state index is 12.8. The Morgan fingerprint density at radius 1 is 1.00 bits per heavy atom. The van der Waals surface area contributed by atoms with Gasteiger partial charge in [0.05, 0.1) is 6.61 Å². The molecule has 1 amide bonds. The number of hydrogen-bond acceptors (Lipinski definition) is 3. The molecule has 2 aromatic rings. The summed E-state index contributed by atoms with van der Waals surface area (Å²) >= 11 is 0. The van der Waals surface area contributed by atoms with Gasteiger partial charge in [-0.05, 0) is 11.1 Å². The van der Waals surface area contributed by atoms with Crippen molar-refractivity contribution < 1.29 is 14.6 Å². The Kier molecular flexibility index (Phi) is 4.69. The van der Waals surface area contributed by atoms with Crippen molar-refractivity contribution in [2.24, 2.45) is 5.41 Å². The van der Waals surface area contributed by atoms with Gasteiger partial charge in [0.25, 0.3) is 5.91 Å². The summed E-state index contributed by atoms with van der Waals surface area (Å²) in [4.78, 5) is 14.3. The van der Waals surface area contributed by atoms with Gasteiger partial charge in [-0.15, -0.1) is 0 Å². The van der Waals surface area contributed by atoms with Crippen molar-refractivity contribution >= 4 is 5.91 Å². The Labute approximate surface area is 142 Å². The fourth-order valence-corrected chi connectivity index (χ4v) is 3.11. The number of nitrogens with zero attached hydrogens (tertiary/aromatic N) is 1. The molecule has 1 aliphatic heterocycles. The van der Waals surface area contributed by atoms with Crippen molar-refractivity contribution in [1.82, 2.24) is 4.90 Å². The highest BCUT2D eigenvalue weighted by molar-refractivity contribution is 5.84. The SMILES string of the molecule is CC1(C)[C@H](OCc2ccccc2)C(=O)N(Cc2ccccc2)[C@@H]1O. The Hall–Kier alpha value is -2.17. The van der Waals surface area contributed by atoms with E-state index < -0.39 is 17.7 Å². The number of aliphatic hydroxyl groups is 1. The summed E-state index contributed by atoms with van der Waals surface area (Å²) in [5.74, 6) is -0.160. The fourth-order valence-electron chi connectivity index (χ4n) is 3.11. The second kappa shape index (κ2) is 6.75. The lowest BCUT2D eigenvalue weighted by Gasteiger charge is -2.29. The molecule has 1 aliphatic rings. The van der Waals surface area contributed by atoms with Crippen LogP contribution in [0.5, 0.6) is 0 Å². The molecule has 2 atom stereocenters. The van der Waals surface area contributed by atoms with E-state index in [0.717, 1.165) is 11.1 Å². The van der Waals surface area contributed by atoms with Gasteiger partial charge in [0.1, 0.15) is 12.3 Å². The van der Waals surface area contributed by atoms with Gasteiger partial charge in [0.2, 0.25) is 0 Å². The maximum Gasteiger partial charge on any atom is 0.254 e. The molecule has 2 aromatic carbocycles. The Morgan fingerprint density at radius 3 is 2.12 bits per heavy atom. The number of hydrogen-bond donors (Lipinski definition) is 1. The Balaban J connectivity index is 1.74. The predicted octanol–water partition coefficient (Wildman–Crippen LogP) is 2.96. The predicted molar refractivity (Wildman–Crippen MR) is 91.8 cm³/mol. The number of likely N-dealkylation sites (tertiary alicyclic amines) is 1. The molecule has 1 fully saturated rings. The number of benzene rings is 2. The first kappa shape index (κ1) is 16.7. The molecule has 1 saturated heterocycles. The average Bonchev–Trinajstić information content (AvgIpc) is 2.75. The summed E-state index contributed by atoms with van der Waals surface area (Å²) in [6.45, 7) is 4.48. The van der Waals surface area contributed by atoms with Crippen LogP contribution in [0.25, 0.3) is 0 Å². The summed E-state index contributed by atoms with van der Waals surface area (Å²) in [5, 5.41) is 10.6. The van der Waals surface area contributed by atoms with Crippen LogP contribution >= 0.6 is 0 Å². The smallest absolute Gasteiger partial charge is 0.254 e. The molecule has 0 unspecified atom stereocenters. The topological polar surface area (TPSA) is 49.8 Å². The minimum absolute atomic E-state index is 0.160. The summed E-state index contributed by atoms with van der Waals surface area (Å²) in [6, 6.07) is 19.4. The summed E-state index contributed by atoms with van der Waals surface area (Å²) in [5.41, 5.74) is 1.34. The van der Waals surface area contributed by atoms with E-state index in [2.05, 4.69) is 0 Å². The molecular weight excluding hydrogens is 302 g/mol. The van der Waals surface area contributed by atoms with E-state index in [4.69, 9.17) is 4.74 Å². The summed E-state index contributed by atoms with van der Waals surface area (Å²) < 4.78 is 5.90. The van der Waals surface area contributed by atoms with E-state index in [0.29, 0.717) is 13.2 Å². The standard InChI is InChI=1S/C20H23NO3/c1-20(2)17(24-14-16-11-7-4-8-12-16)18(22)21(19(20)23)13-15-9-5-3-6-10-15/h3-12,17,19,23H,13-14H2,1-2H3/t17-,19-/m1/s1. The third-order valence-corrected chi connectivity index (χ3v) is 4.60. The molecule has 0 aliphatic carbocycles. The molecule has 1 heterocycles. The first-order valence-corrected chi connectivity index (χ1v) is 8.18. The lowest BCUT2D eigenvalue weighted by atomic mass is 9.87. The van der Waals surface area contributed by atoms with Crippen LogP contribution in [0.3, 0.4) is 0 Å². The molecule has 3 rings (SSSR count). The van der Waals surface area contributed by atoms with Crippen molar-refractivity contribution in [2.45, 2.75) is 39.3 Å². The van der Waals surface area contributed by atoms with Crippen molar-refractivity contribution in [3.63, 3.8) is 0 Å². The monoisotopic (exact) mass is 325 g/mol. The normalized spacial score (nSPS) is 22.8. The lowest BCUT2D eigenvalue weighted by Crippen LogP contribution is -2.38. The largest absolute Gasteiger partial charge is 0.373 e. The first-order valence-electron chi connectivity index (χ1n) is 8.18. The highest BCUT2D eigenvalue weighted by Gasteiger charge is 2.53. The van der Waals surface area contributed by atoms with Crippen LogP contribution in [0.4, 0.5) is 0 Å². The van der Waals surface area contributed by atoms with E-state index in [1.165, 1.54) is 4.90 Å². The highest BCUT2D eigenvalue weighted by atomic mass is 16.5. The second-order valence-electron chi connectivity index (χ2n) is 6.82. The number of ether oxygens (including phenoxy) is 1. The van der Waals surface area contributed by atoms with Gasteiger partial charge < -0.3 is 14.7 Å². The molecule has 4 nitrogen and oxygen atoms in total. The number of aliphatic hydroxyl groups excluding tert-OH is 1. The van der Waals surface area contributed by atoms with E-state index in [1.54, 1.807) is 0 Å². The number of amides is 1. The molecular formula is C20H23NO3. The average molecular weight is 325 g/mol. The molecule has 0 radical (unpaired) electrons. The summed E-state index contributed by atoms with van der Waals surface area (Å²) in [6.07, 6.45) is -1.53. The first-order chi connectivity index (χ1) is 11.5. The lowest BCUT2D eigenvalue weighted by molar-refractivity contribution is -0.142. The van der Waals surface area contributed by atoms with Gasteiger partial charge >= 0.3 is 0 Å². The van der Waals surface area contributed by atoms with Gasteiger partial charge in [-0.3, -0.25) is 4.79 Å². The fraction of sp³-hybridized carbons (Fsp3) is 0.350. The third-order valence-electron chi connectivity index (χ3n) is 4.60. The van der Waals surface area contributed by atoms with Gasteiger partial charge in [0, 0.05) is 12.0 Å². The van der Waals surface area contributed by atoms with E-state index >= 15 is 0 Å².